The van der Waals surface area contributed by atoms with Crippen LogP contribution in [0.25, 0.3) is 21.5 Å². The predicted octanol–water partition coefficient (Wildman–Crippen LogP) is 5.11. The standard InChI is InChI=1S/C21H15ClN2O4S/c22-14-6-5-13-11-20(18-4-2-1-3-17(18)19(13)12-14)21(25)23-15-7-9-16(10-8-15)24-29(26,27)28/h1-12,24H,(H,23,25)(H,26,27,28). The average molecular weight is 427 g/mol. The van der Waals surface area contributed by atoms with E-state index >= 15 is 0 Å². The molecule has 0 aliphatic carbocycles. The van der Waals surface area contributed by atoms with Gasteiger partial charge < -0.3 is 5.32 Å². The van der Waals surface area contributed by atoms with Crippen LogP contribution in [0.2, 0.25) is 5.02 Å². The van der Waals surface area contributed by atoms with Crippen LogP contribution in [0.5, 0.6) is 0 Å². The van der Waals surface area contributed by atoms with Gasteiger partial charge in [-0.1, -0.05) is 41.9 Å². The molecule has 146 valence electrons. The van der Waals surface area contributed by atoms with Gasteiger partial charge >= 0.3 is 10.3 Å². The fourth-order valence-electron chi connectivity index (χ4n) is 3.23. The van der Waals surface area contributed by atoms with E-state index in [1.165, 1.54) is 24.3 Å². The number of nitrogens with one attached hydrogen (secondary N) is 2. The maximum absolute atomic E-state index is 13.0. The van der Waals surface area contributed by atoms with Crippen LogP contribution in [0.4, 0.5) is 11.4 Å². The topological polar surface area (TPSA) is 95.5 Å². The molecule has 3 N–H and O–H groups in total. The van der Waals surface area contributed by atoms with E-state index in [9.17, 15) is 13.2 Å². The maximum Gasteiger partial charge on any atom is 0.357 e. The minimum atomic E-state index is -4.35. The number of anilines is 2. The Balaban J connectivity index is 1.70. The van der Waals surface area contributed by atoms with Gasteiger partial charge in [-0.2, -0.15) is 8.42 Å². The highest BCUT2D eigenvalue weighted by Crippen LogP contribution is 2.31. The van der Waals surface area contributed by atoms with Crippen LogP contribution in [-0.4, -0.2) is 18.9 Å². The normalized spacial score (nSPS) is 11.5. The molecule has 0 bridgehead atoms. The van der Waals surface area contributed by atoms with Crippen molar-refractivity contribution >= 4 is 60.7 Å². The number of hydrogen-bond donors (Lipinski definition) is 3. The first kappa shape index (κ1) is 19.2. The molecule has 0 saturated heterocycles. The van der Waals surface area contributed by atoms with Crippen molar-refractivity contribution in [3.05, 3.63) is 83.4 Å². The number of benzene rings is 4. The van der Waals surface area contributed by atoms with Crippen LogP contribution in [0.15, 0.2) is 72.8 Å². The minimum absolute atomic E-state index is 0.179. The summed E-state index contributed by atoms with van der Waals surface area (Å²) in [6.45, 7) is 0. The number of rotatable bonds is 4. The van der Waals surface area contributed by atoms with Crippen molar-refractivity contribution in [2.45, 2.75) is 0 Å². The van der Waals surface area contributed by atoms with E-state index in [-0.39, 0.29) is 11.6 Å². The van der Waals surface area contributed by atoms with Crippen LogP contribution in [0, 0.1) is 0 Å². The summed E-state index contributed by atoms with van der Waals surface area (Å²) in [6, 6.07) is 20.9. The Morgan fingerprint density at radius 3 is 2.17 bits per heavy atom. The summed E-state index contributed by atoms with van der Waals surface area (Å²) in [7, 11) is -4.35. The number of carbonyl (C=O) groups excluding carboxylic acids is 1. The molecule has 0 spiro atoms. The number of fused-ring (bicyclic) bond motifs is 3. The average Bonchev–Trinajstić information content (AvgIpc) is 2.68. The molecule has 0 fully saturated rings. The minimum Gasteiger partial charge on any atom is -0.322 e. The highest BCUT2D eigenvalue weighted by Gasteiger charge is 2.14. The highest BCUT2D eigenvalue weighted by molar-refractivity contribution is 7.87. The number of halogens is 1. The monoisotopic (exact) mass is 426 g/mol. The molecule has 1 amide bonds. The Morgan fingerprint density at radius 1 is 0.828 bits per heavy atom. The van der Waals surface area contributed by atoms with Crippen molar-refractivity contribution in [3.63, 3.8) is 0 Å². The van der Waals surface area contributed by atoms with Gasteiger partial charge in [0.25, 0.3) is 5.91 Å². The van der Waals surface area contributed by atoms with Crippen molar-refractivity contribution in [2.75, 3.05) is 10.0 Å². The predicted molar refractivity (Wildman–Crippen MR) is 116 cm³/mol. The first-order chi connectivity index (χ1) is 13.8. The Morgan fingerprint density at radius 2 is 1.48 bits per heavy atom. The quantitative estimate of drug-likeness (QED) is 0.312. The fraction of sp³-hybridized carbons (Fsp3) is 0. The van der Waals surface area contributed by atoms with Crippen molar-refractivity contribution < 1.29 is 17.8 Å². The molecule has 0 atom stereocenters. The van der Waals surface area contributed by atoms with Crippen LogP contribution in [0.3, 0.4) is 0 Å². The number of amides is 1. The van der Waals surface area contributed by atoms with E-state index in [2.05, 4.69) is 5.32 Å². The first-order valence-electron chi connectivity index (χ1n) is 8.58. The lowest BCUT2D eigenvalue weighted by atomic mass is 9.97. The molecular weight excluding hydrogens is 412 g/mol. The van der Waals surface area contributed by atoms with Crippen molar-refractivity contribution in [2.24, 2.45) is 0 Å². The fourth-order valence-corrected chi connectivity index (χ4v) is 3.84. The van der Waals surface area contributed by atoms with Gasteiger partial charge in [-0.3, -0.25) is 14.1 Å². The van der Waals surface area contributed by atoms with Crippen LogP contribution in [0.1, 0.15) is 10.4 Å². The van der Waals surface area contributed by atoms with Gasteiger partial charge in [-0.25, -0.2) is 0 Å². The lowest BCUT2D eigenvalue weighted by molar-refractivity contribution is 0.102. The second-order valence-corrected chi connectivity index (χ2v) is 8.03. The molecular formula is C21H15ClN2O4S. The van der Waals surface area contributed by atoms with E-state index in [0.29, 0.717) is 16.3 Å². The summed E-state index contributed by atoms with van der Waals surface area (Å²) in [6.07, 6.45) is 0. The van der Waals surface area contributed by atoms with E-state index < -0.39 is 10.3 Å². The van der Waals surface area contributed by atoms with E-state index in [1.54, 1.807) is 6.07 Å². The zero-order valence-electron chi connectivity index (χ0n) is 14.9. The van der Waals surface area contributed by atoms with Gasteiger partial charge in [0.2, 0.25) is 0 Å². The summed E-state index contributed by atoms with van der Waals surface area (Å²) >= 11 is 6.14. The summed E-state index contributed by atoms with van der Waals surface area (Å²) in [5.41, 5.74) is 1.17. The molecule has 0 heterocycles. The molecule has 0 saturated carbocycles. The van der Waals surface area contributed by atoms with E-state index in [0.717, 1.165) is 21.5 Å². The third-order valence-electron chi connectivity index (χ3n) is 4.46. The zero-order valence-corrected chi connectivity index (χ0v) is 16.5. The Hall–Kier alpha value is -3.13. The zero-order chi connectivity index (χ0) is 20.6. The number of hydrogen-bond acceptors (Lipinski definition) is 3. The molecule has 0 aromatic heterocycles. The summed E-state index contributed by atoms with van der Waals surface area (Å²) in [4.78, 5) is 13.0. The van der Waals surface area contributed by atoms with Crippen molar-refractivity contribution in [3.8, 4) is 0 Å². The number of carbonyl (C=O) groups is 1. The molecule has 4 rings (SSSR count). The molecule has 6 nitrogen and oxygen atoms in total. The molecule has 0 radical (unpaired) electrons. The van der Waals surface area contributed by atoms with Gasteiger partial charge in [0.15, 0.2) is 0 Å². The van der Waals surface area contributed by atoms with Gasteiger partial charge in [0.1, 0.15) is 0 Å². The second kappa shape index (κ2) is 7.36. The Bertz CT molecular complexity index is 1350. The molecule has 0 aliphatic heterocycles. The lowest BCUT2D eigenvalue weighted by Gasteiger charge is -2.12. The molecule has 0 aliphatic rings. The summed E-state index contributed by atoms with van der Waals surface area (Å²) < 4.78 is 32.5. The van der Waals surface area contributed by atoms with Gasteiger partial charge in [-0.15, -0.1) is 0 Å². The van der Waals surface area contributed by atoms with Crippen molar-refractivity contribution in [1.82, 2.24) is 0 Å². The third kappa shape index (κ3) is 4.17. The Labute approximate surface area is 172 Å². The van der Waals surface area contributed by atoms with Gasteiger partial charge in [0, 0.05) is 16.3 Å². The van der Waals surface area contributed by atoms with E-state index in [1.807, 2.05) is 47.2 Å². The first-order valence-corrected chi connectivity index (χ1v) is 10.4. The van der Waals surface area contributed by atoms with Crippen molar-refractivity contribution in [1.29, 1.82) is 0 Å². The molecule has 8 heteroatoms. The molecule has 0 unspecified atom stereocenters. The van der Waals surface area contributed by atoms with E-state index in [4.69, 9.17) is 16.2 Å². The summed E-state index contributed by atoms with van der Waals surface area (Å²) in [5, 5.41) is 7.01. The maximum atomic E-state index is 13.0. The molecule has 4 aromatic carbocycles. The SMILES string of the molecule is O=C(Nc1ccc(NS(=O)(=O)O)cc1)c1cc2ccc(Cl)cc2c2ccccc12. The van der Waals surface area contributed by atoms with Crippen LogP contribution >= 0.6 is 11.6 Å². The largest absolute Gasteiger partial charge is 0.357 e. The van der Waals surface area contributed by atoms with Gasteiger partial charge in [-0.05, 0) is 64.0 Å². The lowest BCUT2D eigenvalue weighted by Crippen LogP contribution is -2.13. The third-order valence-corrected chi connectivity index (χ3v) is 5.19. The molecule has 29 heavy (non-hydrogen) atoms. The smallest absolute Gasteiger partial charge is 0.322 e. The summed E-state index contributed by atoms with van der Waals surface area (Å²) in [5.74, 6) is -0.298. The van der Waals surface area contributed by atoms with Crippen LogP contribution < -0.4 is 10.0 Å². The Kier molecular flexibility index (Phi) is 4.87. The molecule has 4 aromatic rings. The van der Waals surface area contributed by atoms with Gasteiger partial charge in [0.05, 0.1) is 5.69 Å². The van der Waals surface area contributed by atoms with Crippen LogP contribution in [-0.2, 0) is 10.3 Å². The highest BCUT2D eigenvalue weighted by atomic mass is 35.5. The second-order valence-electron chi connectivity index (χ2n) is 6.44.